The summed E-state index contributed by atoms with van der Waals surface area (Å²) >= 11 is 0. The van der Waals surface area contributed by atoms with Gasteiger partial charge in [0.15, 0.2) is 0 Å². The molecular weight excluding hydrogens is 492 g/mol. The maximum Gasteiger partial charge on any atom is 0.303 e. The molecule has 0 aliphatic heterocycles. The van der Waals surface area contributed by atoms with E-state index in [0.29, 0.717) is 39.5 Å². The van der Waals surface area contributed by atoms with E-state index in [0.717, 1.165) is 16.6 Å². The summed E-state index contributed by atoms with van der Waals surface area (Å²) in [5.74, 6) is -1.59. The molecule has 1 aromatic heterocycles. The largest absolute Gasteiger partial charge is 0.481 e. The molecule has 0 unspecified atom stereocenters. The highest BCUT2D eigenvalue weighted by Gasteiger charge is 2.21. The van der Waals surface area contributed by atoms with Crippen molar-refractivity contribution in [1.29, 1.82) is 0 Å². The van der Waals surface area contributed by atoms with E-state index in [1.165, 1.54) is 0 Å². The lowest BCUT2D eigenvalue weighted by molar-refractivity contribution is -0.137. The van der Waals surface area contributed by atoms with E-state index < -0.39 is 12.0 Å². The van der Waals surface area contributed by atoms with Crippen molar-refractivity contribution in [3.8, 4) is 0 Å². The smallest absolute Gasteiger partial charge is 0.303 e. The van der Waals surface area contributed by atoms with E-state index in [2.05, 4.69) is 26.7 Å². The number of benzene rings is 1. The number of fused-ring (bicyclic) bond motifs is 1. The minimum atomic E-state index is -0.945. The number of carboxylic acids is 1. The van der Waals surface area contributed by atoms with Crippen LogP contribution in [0.3, 0.4) is 0 Å². The molecule has 0 radical (unpaired) electrons. The van der Waals surface area contributed by atoms with Crippen LogP contribution in [0, 0.1) is 0 Å². The van der Waals surface area contributed by atoms with Crippen molar-refractivity contribution in [3.05, 3.63) is 36.0 Å². The van der Waals surface area contributed by atoms with Gasteiger partial charge in [-0.1, -0.05) is 18.2 Å². The quantitative estimate of drug-likeness (QED) is 0.120. The topological polar surface area (TPSA) is 160 Å². The fourth-order valence-corrected chi connectivity index (χ4v) is 3.97. The minimum Gasteiger partial charge on any atom is -0.481 e. The molecule has 0 saturated heterocycles. The van der Waals surface area contributed by atoms with Crippen molar-refractivity contribution in [1.82, 2.24) is 25.6 Å². The molecule has 0 fully saturated rings. The number of hydrazine groups is 1. The van der Waals surface area contributed by atoms with Crippen LogP contribution in [-0.2, 0) is 36.9 Å². The number of hydrogen-bond donors (Lipinski definition) is 5. The average molecular weight is 535 g/mol. The van der Waals surface area contributed by atoms with Crippen LogP contribution in [-0.4, -0.2) is 92.1 Å². The van der Waals surface area contributed by atoms with E-state index >= 15 is 0 Å². The molecule has 212 valence electrons. The van der Waals surface area contributed by atoms with Crippen LogP contribution in [0.15, 0.2) is 30.3 Å². The number of hydrogen-bond acceptors (Lipinski definition) is 8. The van der Waals surface area contributed by atoms with Gasteiger partial charge in [-0.15, -0.1) is 0 Å². The van der Waals surface area contributed by atoms with Gasteiger partial charge in [0.1, 0.15) is 6.04 Å². The monoisotopic (exact) mass is 534 g/mol. The van der Waals surface area contributed by atoms with E-state index in [1.807, 2.05) is 43.4 Å². The van der Waals surface area contributed by atoms with Crippen LogP contribution in [0.4, 0.5) is 0 Å². The standard InChI is InChI=1S/C26H42N6O6/c1-28-31(2)19-21-18-20-6-3-4-8-23(20)32(21)13-10-24(33)30-22(7-5-9-25(34)35)26(36)29-12-15-38-17-16-37-14-11-27/h3-4,6,8,18,22,28H,5,7,9-17,19,27H2,1-2H3,(H,29,36)(H,30,33)(H,34,35)/t22-/m0/s1. The molecule has 12 heteroatoms. The number of aromatic nitrogens is 1. The summed E-state index contributed by atoms with van der Waals surface area (Å²) in [4.78, 5) is 36.6. The second-order valence-corrected chi connectivity index (χ2v) is 8.89. The number of aliphatic carboxylic acids is 1. The number of rotatable bonds is 20. The fraction of sp³-hybridized carbons (Fsp3) is 0.577. The number of nitrogens with two attached hydrogens (primary N) is 1. The number of nitrogens with zero attached hydrogens (tertiary/aromatic N) is 2. The Morgan fingerprint density at radius 1 is 1.11 bits per heavy atom. The third-order valence-corrected chi connectivity index (χ3v) is 5.95. The molecule has 1 atom stereocenters. The first-order valence-electron chi connectivity index (χ1n) is 13.0. The third kappa shape index (κ3) is 11.2. The number of carboxylic acid groups (broad SMARTS) is 1. The lowest BCUT2D eigenvalue weighted by atomic mass is 10.1. The molecule has 38 heavy (non-hydrogen) atoms. The first kappa shape index (κ1) is 31.2. The van der Waals surface area contributed by atoms with Crippen molar-refractivity contribution in [2.24, 2.45) is 5.73 Å². The van der Waals surface area contributed by atoms with Crippen molar-refractivity contribution in [3.63, 3.8) is 0 Å². The van der Waals surface area contributed by atoms with Crippen LogP contribution in [0.5, 0.6) is 0 Å². The Labute approximate surface area is 223 Å². The van der Waals surface area contributed by atoms with Gasteiger partial charge < -0.3 is 35.5 Å². The number of carbonyl (C=O) groups excluding carboxylic acids is 2. The molecule has 0 spiro atoms. The molecule has 0 aliphatic carbocycles. The first-order chi connectivity index (χ1) is 18.3. The highest BCUT2D eigenvalue weighted by atomic mass is 16.5. The molecule has 2 aromatic rings. The first-order valence-corrected chi connectivity index (χ1v) is 13.0. The van der Waals surface area contributed by atoms with Crippen LogP contribution in [0.2, 0.25) is 0 Å². The zero-order valence-electron chi connectivity index (χ0n) is 22.4. The average Bonchev–Trinajstić information content (AvgIpc) is 3.24. The van der Waals surface area contributed by atoms with Gasteiger partial charge in [0.05, 0.1) is 33.0 Å². The molecule has 2 amide bonds. The van der Waals surface area contributed by atoms with Crippen molar-refractivity contribution in [2.75, 3.05) is 53.6 Å². The Morgan fingerprint density at radius 2 is 1.84 bits per heavy atom. The maximum absolute atomic E-state index is 12.9. The van der Waals surface area contributed by atoms with Gasteiger partial charge in [-0.05, 0) is 37.4 Å². The van der Waals surface area contributed by atoms with E-state index in [-0.39, 0.29) is 50.6 Å². The van der Waals surface area contributed by atoms with Crippen molar-refractivity contribution in [2.45, 2.75) is 44.8 Å². The summed E-state index contributed by atoms with van der Waals surface area (Å²) < 4.78 is 12.7. The number of ether oxygens (including phenoxy) is 2. The van der Waals surface area contributed by atoms with Crippen LogP contribution in [0.25, 0.3) is 10.9 Å². The van der Waals surface area contributed by atoms with Gasteiger partial charge in [0, 0.05) is 50.7 Å². The van der Waals surface area contributed by atoms with Gasteiger partial charge >= 0.3 is 5.97 Å². The van der Waals surface area contributed by atoms with Crippen LogP contribution < -0.4 is 21.8 Å². The van der Waals surface area contributed by atoms with Gasteiger partial charge in [-0.25, -0.2) is 5.01 Å². The Kier molecular flexibility index (Phi) is 14.3. The van der Waals surface area contributed by atoms with Crippen molar-refractivity contribution >= 4 is 28.7 Å². The summed E-state index contributed by atoms with van der Waals surface area (Å²) in [6.07, 6.45) is 0.584. The molecule has 1 aromatic carbocycles. The normalized spacial score (nSPS) is 12.1. The number of aryl methyl sites for hydroxylation is 1. The summed E-state index contributed by atoms with van der Waals surface area (Å²) in [6.45, 7) is 3.35. The number of nitrogens with one attached hydrogen (secondary N) is 3. The summed E-state index contributed by atoms with van der Waals surface area (Å²) in [5, 5.41) is 17.6. The Hall–Kier alpha value is -3.03. The molecule has 1 heterocycles. The predicted molar refractivity (Wildman–Crippen MR) is 144 cm³/mol. The van der Waals surface area contributed by atoms with Gasteiger partial charge in [0.25, 0.3) is 0 Å². The Balaban J connectivity index is 1.93. The summed E-state index contributed by atoms with van der Waals surface area (Å²) in [5.41, 5.74) is 10.5. The highest BCUT2D eigenvalue weighted by Crippen LogP contribution is 2.21. The third-order valence-electron chi connectivity index (χ3n) is 5.95. The summed E-state index contributed by atoms with van der Waals surface area (Å²) in [7, 11) is 3.79. The number of amides is 2. The lowest BCUT2D eigenvalue weighted by Crippen LogP contribution is -2.47. The maximum atomic E-state index is 12.9. The number of carbonyl (C=O) groups is 3. The van der Waals surface area contributed by atoms with Crippen LogP contribution in [0.1, 0.15) is 31.4 Å². The van der Waals surface area contributed by atoms with E-state index in [1.54, 1.807) is 0 Å². The molecule has 0 saturated carbocycles. The predicted octanol–water partition coefficient (Wildman–Crippen LogP) is 0.445. The van der Waals surface area contributed by atoms with Crippen LogP contribution >= 0.6 is 0 Å². The second kappa shape index (κ2) is 17.5. The molecular formula is C26H42N6O6. The molecule has 0 bridgehead atoms. The zero-order chi connectivity index (χ0) is 27.8. The highest BCUT2D eigenvalue weighted by molar-refractivity contribution is 5.88. The van der Waals surface area contributed by atoms with Crippen molar-refractivity contribution < 1.29 is 29.0 Å². The zero-order valence-corrected chi connectivity index (χ0v) is 22.4. The fourth-order valence-electron chi connectivity index (χ4n) is 3.97. The Bertz CT molecular complexity index is 1010. The minimum absolute atomic E-state index is 0.0801. The number of para-hydroxylation sites is 1. The van der Waals surface area contributed by atoms with Gasteiger partial charge in [-0.2, -0.15) is 0 Å². The Morgan fingerprint density at radius 3 is 2.55 bits per heavy atom. The van der Waals surface area contributed by atoms with Gasteiger partial charge in [0.2, 0.25) is 11.8 Å². The molecule has 6 N–H and O–H groups in total. The van der Waals surface area contributed by atoms with E-state index in [4.69, 9.17) is 20.3 Å². The second-order valence-electron chi connectivity index (χ2n) is 8.89. The molecule has 12 nitrogen and oxygen atoms in total. The molecule has 0 aliphatic rings. The summed E-state index contributed by atoms with van der Waals surface area (Å²) in [6, 6.07) is 9.27. The molecule has 2 rings (SSSR count). The van der Waals surface area contributed by atoms with E-state index in [9.17, 15) is 14.4 Å². The SMILES string of the molecule is CNN(C)Cc1cc2ccccc2n1CCC(=O)N[C@@H](CCCC(=O)O)C(=O)NCCOCCOCCN. The van der Waals surface area contributed by atoms with Gasteiger partial charge in [-0.3, -0.25) is 19.8 Å². The lowest BCUT2D eigenvalue weighted by Gasteiger charge is -2.20.